The highest BCUT2D eigenvalue weighted by Gasteiger charge is 2.47. The molecule has 1 atom stereocenters. The molecule has 0 aromatic carbocycles. The summed E-state index contributed by atoms with van der Waals surface area (Å²) in [4.78, 5) is 25.3. The summed E-state index contributed by atoms with van der Waals surface area (Å²) in [5.41, 5.74) is 4.33. The molecule has 2 rings (SSSR count). The summed E-state index contributed by atoms with van der Waals surface area (Å²) < 4.78 is 5.18. The average molecular weight is 251 g/mol. The van der Waals surface area contributed by atoms with E-state index in [9.17, 15) is 14.9 Å². The van der Waals surface area contributed by atoms with Crippen LogP contribution in [0.15, 0.2) is 0 Å². The molecule has 1 aliphatic carbocycles. The summed E-state index contributed by atoms with van der Waals surface area (Å²) in [7, 11) is 0. The van der Waals surface area contributed by atoms with E-state index in [4.69, 9.17) is 10.5 Å². The molecule has 0 radical (unpaired) electrons. The van der Waals surface area contributed by atoms with Crippen molar-refractivity contribution in [2.75, 3.05) is 19.8 Å². The number of ether oxygens (including phenoxy) is 1. The smallest absolute Gasteiger partial charge is 0.243 e. The second kappa shape index (κ2) is 4.94. The molecule has 1 aliphatic heterocycles. The van der Waals surface area contributed by atoms with Crippen LogP contribution in [0.5, 0.6) is 0 Å². The molecule has 1 saturated heterocycles. The largest absolute Gasteiger partial charge is 0.377 e. The highest BCUT2D eigenvalue weighted by molar-refractivity contribution is 5.91. The number of nitrogens with two attached hydrogens (primary N) is 1. The fourth-order valence-corrected chi connectivity index (χ4v) is 2.71. The van der Waals surface area contributed by atoms with Crippen molar-refractivity contribution in [3.63, 3.8) is 0 Å². The minimum absolute atomic E-state index is 0.128. The van der Waals surface area contributed by atoms with Gasteiger partial charge in [0.25, 0.3) is 0 Å². The van der Waals surface area contributed by atoms with Gasteiger partial charge in [-0.15, -0.1) is 0 Å². The quantitative estimate of drug-likeness (QED) is 0.734. The van der Waals surface area contributed by atoms with Crippen LogP contribution < -0.4 is 5.73 Å². The highest BCUT2D eigenvalue weighted by atomic mass is 16.5. The molecule has 1 unspecified atom stereocenters. The Labute approximate surface area is 106 Å². The molecule has 1 heterocycles. The third kappa shape index (κ3) is 2.06. The number of carbonyl (C=O) groups excluding carboxylic acids is 2. The van der Waals surface area contributed by atoms with E-state index in [2.05, 4.69) is 6.07 Å². The lowest BCUT2D eigenvalue weighted by Crippen LogP contribution is -2.57. The molecule has 0 bridgehead atoms. The minimum atomic E-state index is -0.953. The Kier molecular flexibility index (Phi) is 3.53. The summed E-state index contributed by atoms with van der Waals surface area (Å²) in [5.74, 6) is -0.830. The Hall–Kier alpha value is -1.61. The van der Waals surface area contributed by atoms with Gasteiger partial charge < -0.3 is 15.4 Å². The summed E-state index contributed by atoms with van der Waals surface area (Å²) in [5, 5.41) is 9.30. The molecule has 6 nitrogen and oxygen atoms in total. The number of rotatable bonds is 2. The summed E-state index contributed by atoms with van der Waals surface area (Å²) in [6, 6.07) is 1.41. The average Bonchev–Trinajstić information content (AvgIpc) is 2.87. The van der Waals surface area contributed by atoms with E-state index < -0.39 is 17.4 Å². The van der Waals surface area contributed by atoms with Crippen LogP contribution in [0.1, 0.15) is 25.7 Å². The lowest BCUT2D eigenvalue weighted by Gasteiger charge is -2.37. The first-order valence-electron chi connectivity index (χ1n) is 6.20. The number of amides is 2. The van der Waals surface area contributed by atoms with E-state index in [1.165, 1.54) is 4.90 Å². The predicted octanol–water partition coefficient (Wildman–Crippen LogP) is -0.217. The number of primary amides is 1. The molecule has 0 aromatic heterocycles. The van der Waals surface area contributed by atoms with Crippen molar-refractivity contribution in [3.05, 3.63) is 0 Å². The van der Waals surface area contributed by atoms with E-state index in [0.717, 1.165) is 12.8 Å². The topological polar surface area (TPSA) is 96.4 Å². The number of hydrogen-bond acceptors (Lipinski definition) is 4. The maximum Gasteiger partial charge on any atom is 0.243 e. The van der Waals surface area contributed by atoms with Crippen LogP contribution >= 0.6 is 0 Å². The molecular formula is C12H17N3O3. The number of carbonyl (C=O) groups is 2. The molecule has 18 heavy (non-hydrogen) atoms. The third-order valence-corrected chi connectivity index (χ3v) is 3.80. The van der Waals surface area contributed by atoms with Crippen LogP contribution in [0.3, 0.4) is 0 Å². The molecule has 2 amide bonds. The Morgan fingerprint density at radius 1 is 1.39 bits per heavy atom. The van der Waals surface area contributed by atoms with Crippen molar-refractivity contribution in [1.29, 1.82) is 5.26 Å². The van der Waals surface area contributed by atoms with Crippen molar-refractivity contribution in [2.24, 2.45) is 11.1 Å². The monoisotopic (exact) mass is 251 g/mol. The molecule has 2 aliphatic rings. The van der Waals surface area contributed by atoms with Crippen LogP contribution in [0.4, 0.5) is 0 Å². The Balaban J connectivity index is 2.21. The van der Waals surface area contributed by atoms with Gasteiger partial charge in [-0.25, -0.2) is 0 Å². The van der Waals surface area contributed by atoms with E-state index in [-0.39, 0.29) is 12.5 Å². The zero-order valence-corrected chi connectivity index (χ0v) is 10.2. The number of morpholine rings is 1. The second-order valence-electron chi connectivity index (χ2n) is 4.89. The summed E-state index contributed by atoms with van der Waals surface area (Å²) in [6.07, 6.45) is 2.91. The van der Waals surface area contributed by atoms with E-state index in [1.54, 1.807) is 0 Å². The SMILES string of the molecule is N#CC1(C(=O)N2CCOCC2C(N)=O)CCCC1. The zero-order chi connectivity index (χ0) is 13.2. The first-order valence-corrected chi connectivity index (χ1v) is 6.20. The number of nitrogens with zero attached hydrogens (tertiary/aromatic N) is 2. The standard InChI is InChI=1S/C12H17N3O3/c13-8-12(3-1-2-4-12)11(17)15-5-6-18-7-9(15)10(14)16/h9H,1-7H2,(H2,14,16). The van der Waals surface area contributed by atoms with Crippen molar-refractivity contribution in [2.45, 2.75) is 31.7 Å². The lowest BCUT2D eigenvalue weighted by atomic mass is 9.85. The summed E-state index contributed by atoms with van der Waals surface area (Å²) >= 11 is 0. The molecule has 2 fully saturated rings. The second-order valence-corrected chi connectivity index (χ2v) is 4.89. The molecule has 2 N–H and O–H groups in total. The number of nitriles is 1. The van der Waals surface area contributed by atoms with Crippen LogP contribution in [0.2, 0.25) is 0 Å². The Morgan fingerprint density at radius 2 is 2.06 bits per heavy atom. The third-order valence-electron chi connectivity index (χ3n) is 3.80. The molecule has 0 spiro atoms. The first kappa shape index (κ1) is 12.8. The van der Waals surface area contributed by atoms with Crippen LogP contribution in [0.25, 0.3) is 0 Å². The Bertz CT molecular complexity index is 396. The zero-order valence-electron chi connectivity index (χ0n) is 10.2. The van der Waals surface area contributed by atoms with Gasteiger partial charge in [-0.3, -0.25) is 9.59 Å². The highest BCUT2D eigenvalue weighted by Crippen LogP contribution is 2.39. The molecule has 1 saturated carbocycles. The van der Waals surface area contributed by atoms with Gasteiger partial charge in [-0.2, -0.15) is 5.26 Å². The molecule has 0 aromatic rings. The van der Waals surface area contributed by atoms with Gasteiger partial charge in [0.2, 0.25) is 11.8 Å². The van der Waals surface area contributed by atoms with Crippen LogP contribution in [-0.2, 0) is 14.3 Å². The van der Waals surface area contributed by atoms with Crippen LogP contribution in [-0.4, -0.2) is 42.5 Å². The minimum Gasteiger partial charge on any atom is -0.377 e. The van der Waals surface area contributed by atoms with E-state index in [0.29, 0.717) is 26.0 Å². The predicted molar refractivity (Wildman–Crippen MR) is 62.0 cm³/mol. The first-order chi connectivity index (χ1) is 8.60. The normalized spacial score (nSPS) is 26.6. The van der Waals surface area contributed by atoms with Crippen molar-refractivity contribution in [1.82, 2.24) is 4.90 Å². The van der Waals surface area contributed by atoms with Gasteiger partial charge in [-0.1, -0.05) is 12.8 Å². The maximum atomic E-state index is 12.5. The number of hydrogen-bond donors (Lipinski definition) is 1. The van der Waals surface area contributed by atoms with Gasteiger partial charge in [0, 0.05) is 6.54 Å². The maximum absolute atomic E-state index is 12.5. The molecule has 6 heteroatoms. The molecular weight excluding hydrogens is 234 g/mol. The van der Waals surface area contributed by atoms with E-state index in [1.807, 2.05) is 0 Å². The fourth-order valence-electron chi connectivity index (χ4n) is 2.71. The Morgan fingerprint density at radius 3 is 2.61 bits per heavy atom. The van der Waals surface area contributed by atoms with Gasteiger partial charge in [-0.05, 0) is 12.8 Å². The van der Waals surface area contributed by atoms with Gasteiger partial charge >= 0.3 is 0 Å². The van der Waals surface area contributed by atoms with Crippen LogP contribution in [0, 0.1) is 16.7 Å². The van der Waals surface area contributed by atoms with Crippen molar-refractivity contribution in [3.8, 4) is 6.07 Å². The van der Waals surface area contributed by atoms with Gasteiger partial charge in [0.1, 0.15) is 11.5 Å². The van der Waals surface area contributed by atoms with Crippen molar-refractivity contribution >= 4 is 11.8 Å². The lowest BCUT2D eigenvalue weighted by molar-refractivity contribution is -0.153. The fraction of sp³-hybridized carbons (Fsp3) is 0.750. The van der Waals surface area contributed by atoms with Gasteiger partial charge in [0.05, 0.1) is 19.3 Å². The molecule has 98 valence electrons. The van der Waals surface area contributed by atoms with Gasteiger partial charge in [0.15, 0.2) is 0 Å². The summed E-state index contributed by atoms with van der Waals surface area (Å²) in [6.45, 7) is 0.843. The van der Waals surface area contributed by atoms with E-state index >= 15 is 0 Å². The van der Waals surface area contributed by atoms with Crippen molar-refractivity contribution < 1.29 is 14.3 Å².